The maximum atomic E-state index is 5.98. The molecule has 2 N–H and O–H groups in total. The predicted molar refractivity (Wildman–Crippen MR) is 125 cm³/mol. The normalized spacial score (nSPS) is 17.7. The van der Waals surface area contributed by atoms with E-state index in [1.165, 1.54) is 0 Å². The first-order chi connectivity index (χ1) is 13.2. The van der Waals surface area contributed by atoms with E-state index in [1.807, 2.05) is 31.2 Å². The van der Waals surface area contributed by atoms with Crippen molar-refractivity contribution < 1.29 is 14.2 Å². The molecule has 6 nitrogen and oxygen atoms in total. The van der Waals surface area contributed by atoms with E-state index >= 15 is 0 Å². The molecule has 0 aliphatic carbocycles. The third-order valence-corrected chi connectivity index (χ3v) is 4.35. The van der Waals surface area contributed by atoms with Gasteiger partial charge in [0.05, 0.1) is 19.8 Å². The molecule has 28 heavy (non-hydrogen) atoms. The Morgan fingerprint density at radius 2 is 2.25 bits per heavy atom. The molecule has 0 amide bonds. The molecule has 1 saturated heterocycles. The number of guanidine groups is 1. The summed E-state index contributed by atoms with van der Waals surface area (Å²) < 4.78 is 16.9. The summed E-state index contributed by atoms with van der Waals surface area (Å²) in [5.74, 6) is 2.12. The van der Waals surface area contributed by atoms with Gasteiger partial charge in [0.15, 0.2) is 5.96 Å². The molecule has 2 unspecified atom stereocenters. The fourth-order valence-corrected chi connectivity index (χ4v) is 2.90. The number of aliphatic imine (C=N–C) groups is 1. The lowest BCUT2D eigenvalue weighted by atomic mass is 10.1. The summed E-state index contributed by atoms with van der Waals surface area (Å²) in [6, 6.07) is 7.41. The zero-order valence-corrected chi connectivity index (χ0v) is 19.9. The fourth-order valence-electron chi connectivity index (χ4n) is 2.72. The third kappa shape index (κ3) is 10.7. The average molecular weight is 526 g/mol. The number of benzene rings is 1. The molecule has 8 heteroatoms. The van der Waals surface area contributed by atoms with Crippen LogP contribution in [0.15, 0.2) is 29.3 Å². The van der Waals surface area contributed by atoms with Gasteiger partial charge in [-0.15, -0.1) is 24.0 Å². The molecule has 1 aromatic carbocycles. The van der Waals surface area contributed by atoms with Gasteiger partial charge in [-0.1, -0.05) is 17.7 Å². The number of hydrogen-bond acceptors (Lipinski definition) is 4. The minimum Gasteiger partial charge on any atom is -0.489 e. The lowest BCUT2D eigenvalue weighted by Crippen LogP contribution is -2.38. The Hall–Kier alpha value is -0.770. The van der Waals surface area contributed by atoms with Crippen molar-refractivity contribution in [2.24, 2.45) is 10.9 Å². The summed E-state index contributed by atoms with van der Waals surface area (Å²) in [6.45, 7) is 9.49. The van der Waals surface area contributed by atoms with Crippen molar-refractivity contribution in [1.82, 2.24) is 10.6 Å². The van der Waals surface area contributed by atoms with Gasteiger partial charge in [0.25, 0.3) is 0 Å². The smallest absolute Gasteiger partial charge is 0.191 e. The first-order valence-electron chi connectivity index (χ1n) is 9.77. The lowest BCUT2D eigenvalue weighted by molar-refractivity contribution is 0.0888. The Morgan fingerprint density at radius 3 is 2.96 bits per heavy atom. The van der Waals surface area contributed by atoms with Crippen LogP contribution in [0.5, 0.6) is 5.75 Å². The zero-order valence-electron chi connectivity index (χ0n) is 16.8. The van der Waals surface area contributed by atoms with Crippen molar-refractivity contribution in [3.05, 3.63) is 29.3 Å². The molecular formula is C20H33ClIN3O3. The first kappa shape index (κ1) is 25.3. The fraction of sp³-hybridized carbons (Fsp3) is 0.650. The Morgan fingerprint density at radius 1 is 1.39 bits per heavy atom. The molecule has 1 aliphatic rings. The highest BCUT2D eigenvalue weighted by Crippen LogP contribution is 2.18. The Bertz CT molecular complexity index is 571. The van der Waals surface area contributed by atoms with Gasteiger partial charge >= 0.3 is 0 Å². The second-order valence-corrected chi connectivity index (χ2v) is 7.13. The summed E-state index contributed by atoms with van der Waals surface area (Å²) in [4.78, 5) is 4.59. The molecule has 160 valence electrons. The second-order valence-electron chi connectivity index (χ2n) is 6.69. The van der Waals surface area contributed by atoms with Crippen molar-refractivity contribution >= 4 is 41.5 Å². The van der Waals surface area contributed by atoms with Gasteiger partial charge in [-0.05, 0) is 44.9 Å². The molecular weight excluding hydrogens is 493 g/mol. The Labute approximate surface area is 190 Å². The van der Waals surface area contributed by atoms with Crippen LogP contribution in [0, 0.1) is 5.92 Å². The number of rotatable bonds is 11. The number of halogens is 2. The van der Waals surface area contributed by atoms with Gasteiger partial charge in [0.2, 0.25) is 0 Å². The predicted octanol–water partition coefficient (Wildman–Crippen LogP) is 3.72. The highest BCUT2D eigenvalue weighted by Gasteiger charge is 2.15. The maximum absolute atomic E-state index is 5.98. The zero-order chi connectivity index (χ0) is 19.3. The molecule has 0 saturated carbocycles. The van der Waals surface area contributed by atoms with Gasteiger partial charge in [0.1, 0.15) is 11.9 Å². The van der Waals surface area contributed by atoms with E-state index in [9.17, 15) is 0 Å². The van der Waals surface area contributed by atoms with E-state index in [0.717, 1.165) is 64.1 Å². The number of nitrogens with zero attached hydrogens (tertiary/aromatic N) is 1. The van der Waals surface area contributed by atoms with Crippen LogP contribution in [-0.4, -0.2) is 58.1 Å². The minimum absolute atomic E-state index is 0. The van der Waals surface area contributed by atoms with Gasteiger partial charge < -0.3 is 24.8 Å². The molecule has 2 rings (SSSR count). The molecule has 1 aliphatic heterocycles. The van der Waals surface area contributed by atoms with Crippen molar-refractivity contribution in [3.8, 4) is 5.75 Å². The monoisotopic (exact) mass is 525 g/mol. The molecule has 0 radical (unpaired) electrons. The van der Waals surface area contributed by atoms with Gasteiger partial charge in [0, 0.05) is 37.2 Å². The molecule has 0 bridgehead atoms. The molecule has 0 spiro atoms. The van der Waals surface area contributed by atoms with E-state index in [1.54, 1.807) is 0 Å². The highest BCUT2D eigenvalue weighted by atomic mass is 127. The summed E-state index contributed by atoms with van der Waals surface area (Å²) in [5, 5.41) is 7.25. The molecule has 1 aromatic rings. The standard InChI is InChI=1S/C20H32ClN3O3.HI/c1-3-22-20(23-9-5-10-25-14-17-8-11-26-15-17)24-13-16(2)27-19-7-4-6-18(21)12-19;/h4,6-7,12,16-17H,3,5,8-11,13-15H2,1-2H3,(H2,22,23,24);1H. The minimum atomic E-state index is -0.0455. The van der Waals surface area contributed by atoms with Crippen molar-refractivity contribution in [1.29, 1.82) is 0 Å². The van der Waals surface area contributed by atoms with Gasteiger partial charge in [-0.25, -0.2) is 4.99 Å². The maximum Gasteiger partial charge on any atom is 0.191 e. The van der Waals surface area contributed by atoms with E-state index in [0.29, 0.717) is 17.5 Å². The third-order valence-electron chi connectivity index (χ3n) is 4.12. The quantitative estimate of drug-likeness (QED) is 0.200. The second kappa shape index (κ2) is 15.1. The van der Waals surface area contributed by atoms with Crippen LogP contribution >= 0.6 is 35.6 Å². The average Bonchev–Trinajstić information content (AvgIpc) is 3.16. The molecule has 1 heterocycles. The van der Waals surface area contributed by atoms with Gasteiger partial charge in [-0.3, -0.25) is 0 Å². The Balaban J connectivity index is 0.00000392. The van der Waals surface area contributed by atoms with Gasteiger partial charge in [-0.2, -0.15) is 0 Å². The van der Waals surface area contributed by atoms with Crippen LogP contribution in [0.4, 0.5) is 0 Å². The van der Waals surface area contributed by atoms with Crippen LogP contribution in [0.3, 0.4) is 0 Å². The first-order valence-corrected chi connectivity index (χ1v) is 10.1. The van der Waals surface area contributed by atoms with Crippen molar-refractivity contribution in [2.75, 3.05) is 46.1 Å². The van der Waals surface area contributed by atoms with E-state index < -0.39 is 0 Å². The summed E-state index contributed by atoms with van der Waals surface area (Å²) in [6.07, 6.45) is 2.01. The van der Waals surface area contributed by atoms with E-state index in [-0.39, 0.29) is 30.1 Å². The number of hydrogen-bond donors (Lipinski definition) is 2. The lowest BCUT2D eigenvalue weighted by Gasteiger charge is -2.15. The van der Waals surface area contributed by atoms with Crippen LogP contribution in [0.1, 0.15) is 26.7 Å². The summed E-state index contributed by atoms with van der Waals surface area (Å²) >= 11 is 5.98. The SMILES string of the molecule is CCNC(=NCC(C)Oc1cccc(Cl)c1)NCCCOCC1CCOC1.I. The summed E-state index contributed by atoms with van der Waals surface area (Å²) in [5.41, 5.74) is 0. The topological polar surface area (TPSA) is 64.1 Å². The number of nitrogens with one attached hydrogen (secondary N) is 2. The largest absolute Gasteiger partial charge is 0.489 e. The number of ether oxygens (including phenoxy) is 3. The van der Waals surface area contributed by atoms with Crippen LogP contribution in [0.2, 0.25) is 5.02 Å². The van der Waals surface area contributed by atoms with Crippen LogP contribution < -0.4 is 15.4 Å². The van der Waals surface area contributed by atoms with Crippen LogP contribution in [0.25, 0.3) is 0 Å². The molecule has 0 aromatic heterocycles. The van der Waals surface area contributed by atoms with Crippen molar-refractivity contribution in [2.45, 2.75) is 32.8 Å². The highest BCUT2D eigenvalue weighted by molar-refractivity contribution is 14.0. The molecule has 1 fully saturated rings. The summed E-state index contributed by atoms with van der Waals surface area (Å²) in [7, 11) is 0. The van der Waals surface area contributed by atoms with Crippen molar-refractivity contribution in [3.63, 3.8) is 0 Å². The molecule has 2 atom stereocenters. The van der Waals surface area contributed by atoms with Crippen LogP contribution in [-0.2, 0) is 9.47 Å². The Kier molecular flexibility index (Phi) is 13.6. The van der Waals surface area contributed by atoms with E-state index in [2.05, 4.69) is 22.5 Å². The van der Waals surface area contributed by atoms with E-state index in [4.69, 9.17) is 25.8 Å².